The van der Waals surface area contributed by atoms with Crippen LogP contribution in [-0.4, -0.2) is 78.3 Å². The summed E-state index contributed by atoms with van der Waals surface area (Å²) in [4.78, 5) is 7.00. The van der Waals surface area contributed by atoms with Gasteiger partial charge < -0.3 is 10.0 Å². The molecule has 2 aliphatic rings. The summed E-state index contributed by atoms with van der Waals surface area (Å²) in [6.07, 6.45) is 3.02. The molecule has 0 aliphatic carbocycles. The van der Waals surface area contributed by atoms with Crippen LogP contribution in [0, 0.1) is 11.6 Å². The van der Waals surface area contributed by atoms with Gasteiger partial charge in [0.1, 0.15) is 11.6 Å². The van der Waals surface area contributed by atoms with Gasteiger partial charge in [0.2, 0.25) is 0 Å². The maximum Gasteiger partial charge on any atom is 0.130 e. The fourth-order valence-corrected chi connectivity index (χ4v) is 4.20. The molecule has 0 amide bonds. The smallest absolute Gasteiger partial charge is 0.130 e. The summed E-state index contributed by atoms with van der Waals surface area (Å²) in [6, 6.07) is 4.85. The van der Waals surface area contributed by atoms with Gasteiger partial charge in [-0.25, -0.2) is 8.78 Å². The Labute approximate surface area is 149 Å². The van der Waals surface area contributed by atoms with E-state index in [9.17, 15) is 13.9 Å². The van der Waals surface area contributed by atoms with E-state index in [1.807, 2.05) is 0 Å². The van der Waals surface area contributed by atoms with Crippen LogP contribution in [0.1, 0.15) is 24.8 Å². The minimum atomic E-state index is -0.476. The van der Waals surface area contributed by atoms with Gasteiger partial charge in [-0.1, -0.05) is 6.07 Å². The third-order valence-electron chi connectivity index (χ3n) is 5.68. The van der Waals surface area contributed by atoms with Crippen LogP contribution in [-0.2, 0) is 6.54 Å². The van der Waals surface area contributed by atoms with Crippen LogP contribution in [0.25, 0.3) is 0 Å². The van der Waals surface area contributed by atoms with E-state index in [0.29, 0.717) is 19.0 Å². The molecule has 4 nitrogen and oxygen atoms in total. The number of piperazine rings is 1. The quantitative estimate of drug-likeness (QED) is 0.876. The van der Waals surface area contributed by atoms with Crippen molar-refractivity contribution in [3.8, 4) is 0 Å². The predicted molar refractivity (Wildman–Crippen MR) is 94.4 cm³/mol. The van der Waals surface area contributed by atoms with Crippen LogP contribution in [0.3, 0.4) is 0 Å². The fourth-order valence-electron chi connectivity index (χ4n) is 4.20. The van der Waals surface area contributed by atoms with Gasteiger partial charge in [0, 0.05) is 50.4 Å². The Kier molecular flexibility index (Phi) is 6.39. The molecule has 2 fully saturated rings. The number of aliphatic hydroxyl groups excluding tert-OH is 1. The summed E-state index contributed by atoms with van der Waals surface area (Å²) in [5.74, 6) is -0.951. The van der Waals surface area contributed by atoms with Crippen molar-refractivity contribution in [1.29, 1.82) is 0 Å². The molecule has 1 atom stereocenters. The van der Waals surface area contributed by atoms with Gasteiger partial charge in [-0.3, -0.25) is 9.80 Å². The van der Waals surface area contributed by atoms with Crippen molar-refractivity contribution in [2.24, 2.45) is 0 Å². The van der Waals surface area contributed by atoms with E-state index in [2.05, 4.69) is 21.7 Å². The van der Waals surface area contributed by atoms with E-state index in [-0.39, 0.29) is 18.2 Å². The lowest BCUT2D eigenvalue weighted by Crippen LogP contribution is -2.58. The Hall–Kier alpha value is -1.08. The maximum atomic E-state index is 13.9. The number of rotatable bonds is 5. The van der Waals surface area contributed by atoms with Crippen LogP contribution < -0.4 is 0 Å². The normalized spacial score (nSPS) is 24.7. The molecule has 1 N–H and O–H groups in total. The first-order chi connectivity index (χ1) is 12.1. The fraction of sp³-hybridized carbons (Fsp3) is 0.684. The van der Waals surface area contributed by atoms with Gasteiger partial charge in [0.05, 0.1) is 0 Å². The first-order valence-corrected chi connectivity index (χ1v) is 9.29. The van der Waals surface area contributed by atoms with Crippen molar-refractivity contribution in [3.05, 3.63) is 35.4 Å². The minimum Gasteiger partial charge on any atom is -0.396 e. The third kappa shape index (κ3) is 4.56. The van der Waals surface area contributed by atoms with E-state index < -0.39 is 11.6 Å². The van der Waals surface area contributed by atoms with Crippen LogP contribution in [0.4, 0.5) is 8.78 Å². The average molecular weight is 353 g/mol. The van der Waals surface area contributed by atoms with Crippen molar-refractivity contribution in [1.82, 2.24) is 14.7 Å². The number of hydrogen-bond acceptors (Lipinski definition) is 4. The molecular formula is C19H29F2N3O. The molecule has 0 radical (unpaired) electrons. The summed E-state index contributed by atoms with van der Waals surface area (Å²) < 4.78 is 27.9. The molecular weight excluding hydrogens is 324 g/mol. The molecule has 0 saturated carbocycles. The van der Waals surface area contributed by atoms with E-state index in [1.165, 1.54) is 18.2 Å². The number of nitrogens with zero attached hydrogens (tertiary/aromatic N) is 3. The molecule has 2 aliphatic heterocycles. The summed E-state index contributed by atoms with van der Waals surface area (Å²) >= 11 is 0. The Bertz CT molecular complexity index is 543. The number of hydrogen-bond donors (Lipinski definition) is 1. The standard InChI is InChI=1S/C19H29F2N3O/c1-22-8-5-15(6-9-22)24-11-10-23(13-16(24)7-12-25)14-17-18(20)3-2-4-19(17)21/h2-4,15-16,25H,5-14H2,1H3/t16-/m1/s1. The zero-order valence-electron chi connectivity index (χ0n) is 15.0. The first kappa shape index (κ1) is 18.7. The second-order valence-corrected chi connectivity index (χ2v) is 7.37. The number of aliphatic hydroxyl groups is 1. The minimum absolute atomic E-state index is 0.149. The Morgan fingerprint density at radius 2 is 1.76 bits per heavy atom. The van der Waals surface area contributed by atoms with Gasteiger partial charge in [0.15, 0.2) is 0 Å². The van der Waals surface area contributed by atoms with Gasteiger partial charge in [-0.15, -0.1) is 0 Å². The number of benzene rings is 1. The molecule has 2 heterocycles. The van der Waals surface area contributed by atoms with Crippen LogP contribution >= 0.6 is 0 Å². The Balaban J connectivity index is 1.64. The van der Waals surface area contributed by atoms with Crippen molar-refractivity contribution in [2.45, 2.75) is 37.9 Å². The van der Waals surface area contributed by atoms with E-state index in [4.69, 9.17) is 0 Å². The molecule has 0 unspecified atom stereocenters. The number of piperidine rings is 1. The van der Waals surface area contributed by atoms with Crippen molar-refractivity contribution in [3.63, 3.8) is 0 Å². The maximum absolute atomic E-state index is 13.9. The predicted octanol–water partition coefficient (Wildman–Crippen LogP) is 1.93. The molecule has 1 aromatic rings. The molecule has 6 heteroatoms. The topological polar surface area (TPSA) is 30.0 Å². The molecule has 2 saturated heterocycles. The largest absolute Gasteiger partial charge is 0.396 e. The van der Waals surface area contributed by atoms with Gasteiger partial charge in [0.25, 0.3) is 0 Å². The highest BCUT2D eigenvalue weighted by atomic mass is 19.1. The van der Waals surface area contributed by atoms with Gasteiger partial charge in [-0.05, 0) is 51.5 Å². The highest BCUT2D eigenvalue weighted by Gasteiger charge is 2.33. The van der Waals surface area contributed by atoms with Crippen molar-refractivity contribution in [2.75, 3.05) is 46.4 Å². The first-order valence-electron chi connectivity index (χ1n) is 9.29. The molecule has 0 bridgehead atoms. The number of halogens is 2. The molecule has 3 rings (SSSR count). The Morgan fingerprint density at radius 3 is 2.40 bits per heavy atom. The molecule has 1 aromatic carbocycles. The summed E-state index contributed by atoms with van der Waals surface area (Å²) in [6.45, 7) is 5.11. The second kappa shape index (κ2) is 8.54. The SMILES string of the molecule is CN1CCC(N2CCN(Cc3c(F)cccc3F)C[C@H]2CCO)CC1. The van der Waals surface area contributed by atoms with Crippen LogP contribution in [0.15, 0.2) is 18.2 Å². The van der Waals surface area contributed by atoms with Crippen molar-refractivity contribution < 1.29 is 13.9 Å². The lowest BCUT2D eigenvalue weighted by atomic mass is 9.98. The third-order valence-corrected chi connectivity index (χ3v) is 5.68. The lowest BCUT2D eigenvalue weighted by molar-refractivity contribution is 0.00540. The zero-order chi connectivity index (χ0) is 17.8. The number of likely N-dealkylation sites (tertiary alicyclic amines) is 1. The Morgan fingerprint density at radius 1 is 1.08 bits per heavy atom. The van der Waals surface area contributed by atoms with Crippen LogP contribution in [0.5, 0.6) is 0 Å². The average Bonchev–Trinajstić information content (AvgIpc) is 2.60. The van der Waals surface area contributed by atoms with Crippen LogP contribution in [0.2, 0.25) is 0 Å². The summed E-state index contributed by atoms with van der Waals surface area (Å²) in [5, 5.41) is 9.47. The second-order valence-electron chi connectivity index (χ2n) is 7.37. The lowest BCUT2D eigenvalue weighted by Gasteiger charge is -2.47. The summed E-state index contributed by atoms with van der Waals surface area (Å²) in [7, 11) is 2.16. The zero-order valence-corrected chi connectivity index (χ0v) is 15.0. The molecule has 0 aromatic heterocycles. The van der Waals surface area contributed by atoms with Gasteiger partial charge >= 0.3 is 0 Å². The highest BCUT2D eigenvalue weighted by Crippen LogP contribution is 2.24. The highest BCUT2D eigenvalue weighted by molar-refractivity contribution is 5.19. The van der Waals surface area contributed by atoms with E-state index in [0.717, 1.165) is 45.6 Å². The van der Waals surface area contributed by atoms with E-state index >= 15 is 0 Å². The van der Waals surface area contributed by atoms with Gasteiger partial charge in [-0.2, -0.15) is 0 Å². The molecule has 25 heavy (non-hydrogen) atoms. The monoisotopic (exact) mass is 353 g/mol. The van der Waals surface area contributed by atoms with Crippen molar-refractivity contribution >= 4 is 0 Å². The summed E-state index contributed by atoms with van der Waals surface area (Å²) in [5.41, 5.74) is 0.151. The molecule has 0 spiro atoms. The van der Waals surface area contributed by atoms with E-state index in [1.54, 1.807) is 0 Å². The molecule has 140 valence electrons.